The van der Waals surface area contributed by atoms with Crippen molar-refractivity contribution in [3.05, 3.63) is 46.2 Å². The highest BCUT2D eigenvalue weighted by atomic mass is 32.2. The molecule has 1 aromatic heterocycles. The number of nitrogen functional groups attached to an aromatic ring is 2. The standard InChI is InChI=1S/C12H14N4O2S/c13-8-3-1-2-7(4-8)9(17)6-19-12-15-10(14)5-11(18)16-12/h1-5,9,17H,6,13H2,(H3,14,15,16,18). The molecule has 0 saturated heterocycles. The molecule has 2 aromatic rings. The molecule has 1 aromatic carbocycles. The molecule has 1 heterocycles. The van der Waals surface area contributed by atoms with Gasteiger partial charge in [-0.15, -0.1) is 0 Å². The lowest BCUT2D eigenvalue weighted by molar-refractivity contribution is 0.204. The molecule has 0 spiro atoms. The average molecular weight is 278 g/mol. The van der Waals surface area contributed by atoms with E-state index >= 15 is 0 Å². The van der Waals surface area contributed by atoms with Crippen molar-refractivity contribution in [2.75, 3.05) is 17.2 Å². The molecule has 1 atom stereocenters. The summed E-state index contributed by atoms with van der Waals surface area (Å²) in [5, 5.41) is 10.4. The first-order valence-corrected chi connectivity index (χ1v) is 6.56. The summed E-state index contributed by atoms with van der Waals surface area (Å²) in [6, 6.07) is 8.23. The van der Waals surface area contributed by atoms with Crippen LogP contribution in [0.15, 0.2) is 40.3 Å². The highest BCUT2D eigenvalue weighted by molar-refractivity contribution is 7.99. The summed E-state index contributed by atoms with van der Waals surface area (Å²) in [5.41, 5.74) is 12.1. The topological polar surface area (TPSA) is 118 Å². The molecule has 0 amide bonds. The van der Waals surface area contributed by atoms with Gasteiger partial charge in [0.1, 0.15) is 5.82 Å². The summed E-state index contributed by atoms with van der Waals surface area (Å²) in [4.78, 5) is 17.7. The fourth-order valence-corrected chi connectivity index (χ4v) is 2.39. The number of hydrogen-bond acceptors (Lipinski definition) is 6. The number of nitrogens with two attached hydrogens (primary N) is 2. The summed E-state index contributed by atoms with van der Waals surface area (Å²) in [7, 11) is 0. The van der Waals surface area contributed by atoms with E-state index in [4.69, 9.17) is 11.5 Å². The van der Waals surface area contributed by atoms with Gasteiger partial charge in [0.2, 0.25) is 0 Å². The minimum Gasteiger partial charge on any atom is -0.399 e. The molecule has 2 rings (SSSR count). The number of aromatic amines is 1. The van der Waals surface area contributed by atoms with E-state index < -0.39 is 6.10 Å². The molecule has 0 fully saturated rings. The molecular weight excluding hydrogens is 264 g/mol. The van der Waals surface area contributed by atoms with Crippen molar-refractivity contribution in [3.8, 4) is 0 Å². The Labute approximate surface area is 113 Å². The largest absolute Gasteiger partial charge is 0.399 e. The van der Waals surface area contributed by atoms with Crippen molar-refractivity contribution in [1.82, 2.24) is 9.97 Å². The first-order chi connectivity index (χ1) is 9.04. The van der Waals surface area contributed by atoms with Crippen molar-refractivity contribution in [1.29, 1.82) is 0 Å². The number of rotatable bonds is 4. The van der Waals surface area contributed by atoms with Crippen molar-refractivity contribution in [2.24, 2.45) is 0 Å². The van der Waals surface area contributed by atoms with Crippen LogP contribution in [0.4, 0.5) is 11.5 Å². The van der Waals surface area contributed by atoms with Gasteiger partial charge in [-0.25, -0.2) is 4.98 Å². The highest BCUT2D eigenvalue weighted by Crippen LogP contribution is 2.23. The number of anilines is 2. The van der Waals surface area contributed by atoms with E-state index in [1.54, 1.807) is 24.3 Å². The summed E-state index contributed by atoms with van der Waals surface area (Å²) in [6.07, 6.45) is -0.694. The third-order valence-electron chi connectivity index (χ3n) is 2.41. The lowest BCUT2D eigenvalue weighted by Gasteiger charge is -2.10. The van der Waals surface area contributed by atoms with Crippen LogP contribution in [0.2, 0.25) is 0 Å². The maximum Gasteiger partial charge on any atom is 0.253 e. The molecule has 0 saturated carbocycles. The molecule has 100 valence electrons. The first kappa shape index (κ1) is 13.4. The van der Waals surface area contributed by atoms with Gasteiger partial charge in [-0.05, 0) is 17.7 Å². The van der Waals surface area contributed by atoms with E-state index in [2.05, 4.69) is 9.97 Å². The van der Waals surface area contributed by atoms with Gasteiger partial charge in [0, 0.05) is 17.5 Å². The number of nitrogens with one attached hydrogen (secondary N) is 1. The van der Waals surface area contributed by atoms with Gasteiger partial charge >= 0.3 is 0 Å². The quantitative estimate of drug-likeness (QED) is 0.372. The number of nitrogens with zero attached hydrogens (tertiary/aromatic N) is 1. The van der Waals surface area contributed by atoms with Gasteiger partial charge < -0.3 is 21.6 Å². The molecule has 19 heavy (non-hydrogen) atoms. The second-order valence-electron chi connectivity index (χ2n) is 3.97. The molecule has 6 nitrogen and oxygen atoms in total. The maximum absolute atomic E-state index is 11.2. The SMILES string of the molecule is Nc1cccc(C(O)CSc2nc(N)cc(=O)[nH]2)c1. The van der Waals surface area contributed by atoms with Crippen LogP contribution < -0.4 is 17.0 Å². The zero-order valence-corrected chi connectivity index (χ0v) is 10.9. The third-order valence-corrected chi connectivity index (χ3v) is 3.36. The van der Waals surface area contributed by atoms with E-state index in [-0.39, 0.29) is 11.4 Å². The average Bonchev–Trinajstić information content (AvgIpc) is 2.35. The second kappa shape index (κ2) is 5.77. The van der Waals surface area contributed by atoms with Crippen LogP contribution in [-0.2, 0) is 0 Å². The summed E-state index contributed by atoms with van der Waals surface area (Å²) in [6.45, 7) is 0. The first-order valence-electron chi connectivity index (χ1n) is 5.58. The Bertz CT molecular complexity index is 629. The summed E-state index contributed by atoms with van der Waals surface area (Å²) >= 11 is 1.22. The molecular formula is C12H14N4O2S. The Morgan fingerprint density at radius 3 is 2.84 bits per heavy atom. The number of benzene rings is 1. The minimum atomic E-state index is -0.694. The van der Waals surface area contributed by atoms with E-state index in [1.807, 2.05) is 0 Å². The highest BCUT2D eigenvalue weighted by Gasteiger charge is 2.09. The van der Waals surface area contributed by atoms with Gasteiger partial charge in [0.25, 0.3) is 5.56 Å². The van der Waals surface area contributed by atoms with E-state index in [0.717, 1.165) is 5.56 Å². The van der Waals surface area contributed by atoms with Gasteiger partial charge in [0.15, 0.2) is 5.16 Å². The molecule has 0 radical (unpaired) electrons. The number of thioether (sulfide) groups is 1. The Morgan fingerprint density at radius 2 is 2.16 bits per heavy atom. The number of hydrogen-bond donors (Lipinski definition) is 4. The van der Waals surface area contributed by atoms with Crippen molar-refractivity contribution in [2.45, 2.75) is 11.3 Å². The summed E-state index contributed by atoms with van der Waals surface area (Å²) in [5.74, 6) is 0.500. The molecule has 0 aliphatic heterocycles. The zero-order valence-electron chi connectivity index (χ0n) is 10.0. The third kappa shape index (κ3) is 3.73. The molecule has 0 bridgehead atoms. The number of aliphatic hydroxyl groups is 1. The summed E-state index contributed by atoms with van der Waals surface area (Å²) < 4.78 is 0. The fraction of sp³-hybridized carbons (Fsp3) is 0.167. The lowest BCUT2D eigenvalue weighted by Crippen LogP contribution is -2.10. The van der Waals surface area contributed by atoms with E-state index in [9.17, 15) is 9.90 Å². The Balaban J connectivity index is 2.04. The zero-order chi connectivity index (χ0) is 13.8. The van der Waals surface area contributed by atoms with Crippen LogP contribution in [0.3, 0.4) is 0 Å². The van der Waals surface area contributed by atoms with E-state index in [1.165, 1.54) is 17.8 Å². The van der Waals surface area contributed by atoms with Crippen LogP contribution in [0.1, 0.15) is 11.7 Å². The second-order valence-corrected chi connectivity index (χ2v) is 4.98. The van der Waals surface area contributed by atoms with Crippen LogP contribution in [0.25, 0.3) is 0 Å². The normalized spacial score (nSPS) is 12.3. The fourth-order valence-electron chi connectivity index (χ4n) is 1.54. The monoisotopic (exact) mass is 278 g/mol. The number of aromatic nitrogens is 2. The molecule has 0 aliphatic carbocycles. The minimum absolute atomic E-state index is 0.157. The molecule has 0 aliphatic rings. The van der Waals surface area contributed by atoms with Crippen molar-refractivity contribution < 1.29 is 5.11 Å². The Kier molecular flexibility index (Phi) is 4.08. The molecule has 7 heteroatoms. The van der Waals surface area contributed by atoms with E-state index in [0.29, 0.717) is 16.6 Å². The van der Waals surface area contributed by atoms with Crippen LogP contribution in [-0.4, -0.2) is 20.8 Å². The van der Waals surface area contributed by atoms with Gasteiger partial charge in [-0.1, -0.05) is 23.9 Å². The van der Waals surface area contributed by atoms with Crippen LogP contribution >= 0.6 is 11.8 Å². The predicted octanol–water partition coefficient (Wildman–Crippen LogP) is 0.760. The molecule has 6 N–H and O–H groups in total. The van der Waals surface area contributed by atoms with Gasteiger partial charge in [-0.2, -0.15) is 0 Å². The number of aliphatic hydroxyl groups excluding tert-OH is 1. The smallest absolute Gasteiger partial charge is 0.253 e. The van der Waals surface area contributed by atoms with Gasteiger partial charge in [0.05, 0.1) is 6.10 Å². The van der Waals surface area contributed by atoms with Crippen molar-refractivity contribution in [3.63, 3.8) is 0 Å². The molecule has 1 unspecified atom stereocenters. The Hall–Kier alpha value is -1.99. The van der Waals surface area contributed by atoms with Crippen LogP contribution in [0, 0.1) is 0 Å². The predicted molar refractivity (Wildman–Crippen MR) is 75.8 cm³/mol. The van der Waals surface area contributed by atoms with Gasteiger partial charge in [-0.3, -0.25) is 4.79 Å². The van der Waals surface area contributed by atoms with Crippen molar-refractivity contribution >= 4 is 23.3 Å². The van der Waals surface area contributed by atoms with Crippen LogP contribution in [0.5, 0.6) is 0 Å². The number of H-pyrrole nitrogens is 1. The lowest BCUT2D eigenvalue weighted by atomic mass is 10.1. The Morgan fingerprint density at radius 1 is 1.37 bits per heavy atom. The maximum atomic E-state index is 11.2.